The Morgan fingerprint density at radius 1 is 0.258 bits per heavy atom. The second kappa shape index (κ2) is 17.2. The van der Waals surface area contributed by atoms with Crippen LogP contribution in [0.1, 0.15) is 0 Å². The predicted molar refractivity (Wildman–Crippen MR) is 263 cm³/mol. The molecule has 0 atom stereocenters. The molecule has 0 bridgehead atoms. The van der Waals surface area contributed by atoms with Crippen molar-refractivity contribution in [2.24, 2.45) is 0 Å². The van der Waals surface area contributed by atoms with Crippen LogP contribution in [0, 0.1) is 0 Å². The second-order valence-corrected chi connectivity index (χ2v) is 23.2. The van der Waals surface area contributed by atoms with Crippen molar-refractivity contribution in [3.8, 4) is 33.9 Å². The molecule has 62 heavy (non-hydrogen) atoms. The van der Waals surface area contributed by atoms with Crippen LogP contribution in [0.4, 0.5) is 0 Å². The van der Waals surface area contributed by atoms with Gasteiger partial charge in [-0.2, -0.15) is 0 Å². The van der Waals surface area contributed by atoms with E-state index >= 15 is 0 Å². The highest BCUT2D eigenvalue weighted by Gasteiger charge is 2.43. The van der Waals surface area contributed by atoms with E-state index in [2.05, 4.69) is 242 Å². The fourth-order valence-electron chi connectivity index (χ4n) is 9.32. The van der Waals surface area contributed by atoms with Crippen molar-refractivity contribution >= 4 is 57.6 Å². The molecule has 0 saturated heterocycles. The van der Waals surface area contributed by atoms with Crippen LogP contribution in [-0.4, -0.2) is 31.1 Å². The van der Waals surface area contributed by atoms with Gasteiger partial charge in [0.2, 0.25) is 0 Å². The molecule has 10 rings (SSSR count). The Labute approximate surface area is 365 Å². The summed E-state index contributed by atoms with van der Waals surface area (Å²) in [6.45, 7) is 0. The van der Waals surface area contributed by atoms with Gasteiger partial charge in [0.25, 0.3) is 0 Å². The molecule has 2 aromatic heterocycles. The maximum Gasteiger partial charge on any atom is 0.179 e. The average Bonchev–Trinajstić information content (AvgIpc) is 3.37. The van der Waals surface area contributed by atoms with Gasteiger partial charge < -0.3 is 0 Å². The normalized spacial score (nSPS) is 11.5. The first kappa shape index (κ1) is 38.6. The molecule has 294 valence electrons. The molecule has 0 amide bonds. The van der Waals surface area contributed by atoms with Gasteiger partial charge in [-0.3, -0.25) is 4.98 Å². The zero-order chi connectivity index (χ0) is 41.6. The summed E-state index contributed by atoms with van der Waals surface area (Å²) in [5.41, 5.74) is 4.65. The lowest BCUT2D eigenvalue weighted by Gasteiger charge is -2.34. The summed E-state index contributed by atoms with van der Waals surface area (Å²) in [6.07, 6.45) is 3.65. The zero-order valence-electron chi connectivity index (χ0n) is 34.2. The lowest BCUT2D eigenvalue weighted by atomic mass is 10.1. The number of hydrogen-bond acceptors (Lipinski definition) is 3. The van der Waals surface area contributed by atoms with E-state index in [4.69, 9.17) is 9.97 Å². The van der Waals surface area contributed by atoms with E-state index < -0.39 is 16.1 Å². The van der Waals surface area contributed by atoms with E-state index in [1.807, 2.05) is 18.3 Å². The largest absolute Gasteiger partial charge is 0.264 e. The molecule has 0 fully saturated rings. The highest BCUT2D eigenvalue weighted by molar-refractivity contribution is 7.20. The molecule has 0 radical (unpaired) electrons. The van der Waals surface area contributed by atoms with Crippen LogP contribution in [0.2, 0.25) is 0 Å². The van der Waals surface area contributed by atoms with Crippen LogP contribution < -0.4 is 41.5 Å². The Bertz CT molecular complexity index is 2660. The number of rotatable bonds is 11. The standard InChI is InChI=1S/C57H43N3Si2/c1-7-25-47(26-8-1)61(48-27-9-2-10-28-48,49-29-11-3-12-30-49)53-37-19-22-44(40-53)55-42-56(60-57(59-55)46-24-21-39-58-43-46)45-23-20-38-54(41-45)62(50-31-13-4-14-32-50,51-33-15-5-16-34-51)52-35-17-6-18-36-52/h1-43H. The third kappa shape index (κ3) is 7.03. The minimum atomic E-state index is -2.79. The second-order valence-electron chi connectivity index (χ2n) is 15.6. The first-order valence-electron chi connectivity index (χ1n) is 21.1. The summed E-state index contributed by atoms with van der Waals surface area (Å²) in [6, 6.07) is 90.7. The van der Waals surface area contributed by atoms with Gasteiger partial charge in [0.05, 0.1) is 11.4 Å². The fourth-order valence-corrected chi connectivity index (χ4v) is 18.9. The van der Waals surface area contributed by atoms with Gasteiger partial charge in [0.1, 0.15) is 0 Å². The van der Waals surface area contributed by atoms with Crippen LogP contribution in [0.3, 0.4) is 0 Å². The molecule has 3 nitrogen and oxygen atoms in total. The van der Waals surface area contributed by atoms with Gasteiger partial charge in [-0.15, -0.1) is 0 Å². The quantitative estimate of drug-likeness (QED) is 0.0996. The smallest absolute Gasteiger partial charge is 0.179 e. The summed E-state index contributed by atoms with van der Waals surface area (Å²) >= 11 is 0. The van der Waals surface area contributed by atoms with Crippen LogP contribution in [0.25, 0.3) is 33.9 Å². The van der Waals surface area contributed by atoms with E-state index in [9.17, 15) is 0 Å². The number of benzene rings is 8. The maximum atomic E-state index is 5.33. The van der Waals surface area contributed by atoms with E-state index in [1.54, 1.807) is 6.20 Å². The molecule has 0 aliphatic heterocycles. The summed E-state index contributed by atoms with van der Waals surface area (Å²) in [5, 5.41) is 10.5. The number of aromatic nitrogens is 3. The van der Waals surface area contributed by atoms with Crippen molar-refractivity contribution in [3.05, 3.63) is 261 Å². The van der Waals surface area contributed by atoms with Crippen molar-refractivity contribution in [1.82, 2.24) is 15.0 Å². The summed E-state index contributed by atoms with van der Waals surface area (Å²) < 4.78 is 0. The molecule has 0 spiro atoms. The van der Waals surface area contributed by atoms with Gasteiger partial charge >= 0.3 is 0 Å². The highest BCUT2D eigenvalue weighted by atomic mass is 28.3. The molecule has 2 heterocycles. The first-order chi connectivity index (χ1) is 30.7. The molecule has 10 aromatic rings. The van der Waals surface area contributed by atoms with E-state index in [1.165, 1.54) is 41.5 Å². The summed E-state index contributed by atoms with van der Waals surface area (Å²) in [4.78, 5) is 15.1. The van der Waals surface area contributed by atoms with Crippen molar-refractivity contribution in [2.45, 2.75) is 0 Å². The van der Waals surface area contributed by atoms with Crippen molar-refractivity contribution in [2.75, 3.05) is 0 Å². The molecular formula is C57H43N3Si2. The van der Waals surface area contributed by atoms with Gasteiger partial charge in [-0.25, -0.2) is 9.97 Å². The van der Waals surface area contributed by atoms with Gasteiger partial charge in [0, 0.05) is 29.1 Å². The highest BCUT2D eigenvalue weighted by Crippen LogP contribution is 2.28. The minimum Gasteiger partial charge on any atom is -0.264 e. The SMILES string of the molecule is c1ccc([Si](c2ccccc2)(c2ccccc2)c2cccc(-c3cc(-c4cccc([Si](c5ccccc5)(c5ccccc5)c5ccccc5)c4)nc(-c4cccnc4)n3)c2)cc1. The number of pyridine rings is 1. The van der Waals surface area contributed by atoms with Gasteiger partial charge in [-0.05, 0) is 59.7 Å². The molecular weight excluding hydrogens is 783 g/mol. The maximum absolute atomic E-state index is 5.33. The van der Waals surface area contributed by atoms with Crippen LogP contribution in [-0.2, 0) is 0 Å². The van der Waals surface area contributed by atoms with Crippen molar-refractivity contribution < 1.29 is 0 Å². The lowest BCUT2D eigenvalue weighted by molar-refractivity contribution is 1.17. The molecule has 0 unspecified atom stereocenters. The average molecular weight is 826 g/mol. The van der Waals surface area contributed by atoms with E-state index in [0.717, 1.165) is 28.1 Å². The molecule has 0 aliphatic rings. The van der Waals surface area contributed by atoms with Gasteiger partial charge in [-0.1, -0.05) is 231 Å². The fraction of sp³-hybridized carbons (Fsp3) is 0. The Hall–Kier alpha value is -7.58. The molecule has 0 saturated carbocycles. The molecule has 8 aromatic carbocycles. The van der Waals surface area contributed by atoms with Crippen molar-refractivity contribution in [3.63, 3.8) is 0 Å². The number of nitrogens with zero attached hydrogens (tertiary/aromatic N) is 3. The predicted octanol–water partition coefficient (Wildman–Crippen LogP) is 7.63. The summed E-state index contributed by atoms with van der Waals surface area (Å²) in [5.74, 6) is 0.636. The Morgan fingerprint density at radius 3 is 0.871 bits per heavy atom. The van der Waals surface area contributed by atoms with Crippen molar-refractivity contribution in [1.29, 1.82) is 0 Å². The van der Waals surface area contributed by atoms with Crippen LogP contribution >= 0.6 is 0 Å². The molecule has 0 N–H and O–H groups in total. The zero-order valence-corrected chi connectivity index (χ0v) is 36.2. The third-order valence-electron chi connectivity index (χ3n) is 12.1. The number of hydrogen-bond donors (Lipinski definition) is 0. The van der Waals surface area contributed by atoms with Crippen LogP contribution in [0.5, 0.6) is 0 Å². The topological polar surface area (TPSA) is 38.7 Å². The third-order valence-corrected chi connectivity index (χ3v) is 21.6. The summed E-state index contributed by atoms with van der Waals surface area (Å²) in [7, 11) is -5.59. The van der Waals surface area contributed by atoms with Crippen LogP contribution in [0.15, 0.2) is 261 Å². The van der Waals surface area contributed by atoms with E-state index in [-0.39, 0.29) is 0 Å². The Kier molecular flexibility index (Phi) is 10.7. The lowest BCUT2D eigenvalue weighted by Crippen LogP contribution is -2.74. The minimum absolute atomic E-state index is 0.636. The van der Waals surface area contributed by atoms with E-state index in [0.29, 0.717) is 5.82 Å². The Balaban J connectivity index is 1.20. The first-order valence-corrected chi connectivity index (χ1v) is 25.1. The molecule has 5 heteroatoms. The molecule has 0 aliphatic carbocycles. The Morgan fingerprint density at radius 2 is 0.565 bits per heavy atom. The monoisotopic (exact) mass is 825 g/mol. The van der Waals surface area contributed by atoms with Gasteiger partial charge in [0.15, 0.2) is 22.0 Å².